The van der Waals surface area contributed by atoms with Crippen molar-refractivity contribution >= 4 is 27.6 Å². The smallest absolute Gasteiger partial charge is 0.281 e. The fraction of sp³-hybridized carbons (Fsp3) is 0.500. The van der Waals surface area contributed by atoms with E-state index in [-0.39, 0.29) is 27.6 Å². The van der Waals surface area contributed by atoms with Gasteiger partial charge in [0.2, 0.25) is 0 Å². The van der Waals surface area contributed by atoms with Gasteiger partial charge in [-0.1, -0.05) is 26.8 Å². The average molecular weight is 552 g/mol. The molecule has 4 bridgehead atoms. The van der Waals surface area contributed by atoms with Gasteiger partial charge in [-0.3, -0.25) is 9.48 Å². The van der Waals surface area contributed by atoms with E-state index in [1.165, 1.54) is 6.07 Å². The zero-order chi connectivity index (χ0) is 28.2. The SMILES string of the molecule is Cn1ccc(C2CC[C@@H]3CN(c4nc(C(C)(C)C)ccc4C(=O)NS(=O)(=O)c4cccc(n4)N2)C(C)(C)C3)n1. The lowest BCUT2D eigenvalue weighted by Gasteiger charge is -2.34. The van der Waals surface area contributed by atoms with Gasteiger partial charge in [0.1, 0.15) is 11.6 Å². The molecule has 1 unspecified atom stereocenters. The molecule has 10 nitrogen and oxygen atoms in total. The van der Waals surface area contributed by atoms with Gasteiger partial charge >= 0.3 is 0 Å². The second kappa shape index (κ2) is 9.62. The average Bonchev–Trinajstić information content (AvgIpc) is 3.42. The molecule has 3 aromatic heterocycles. The Morgan fingerprint density at radius 3 is 2.51 bits per heavy atom. The minimum Gasteiger partial charge on any atom is -0.362 e. The number of anilines is 2. The molecular formula is C28H37N7O3S. The highest BCUT2D eigenvalue weighted by Gasteiger charge is 2.41. The predicted molar refractivity (Wildman–Crippen MR) is 150 cm³/mol. The van der Waals surface area contributed by atoms with E-state index in [0.717, 1.165) is 30.7 Å². The summed E-state index contributed by atoms with van der Waals surface area (Å²) in [6.07, 6.45) is 4.50. The summed E-state index contributed by atoms with van der Waals surface area (Å²) in [5, 5.41) is 7.77. The highest BCUT2D eigenvalue weighted by molar-refractivity contribution is 7.90. The van der Waals surface area contributed by atoms with Gasteiger partial charge in [-0.15, -0.1) is 0 Å². The lowest BCUT2D eigenvalue weighted by molar-refractivity contribution is 0.0981. The lowest BCUT2D eigenvalue weighted by atomic mass is 9.90. The van der Waals surface area contributed by atoms with E-state index in [0.29, 0.717) is 24.1 Å². The molecule has 11 heteroatoms. The summed E-state index contributed by atoms with van der Waals surface area (Å²) in [6.45, 7) is 11.2. The second-order valence-corrected chi connectivity index (χ2v) is 13.9. The van der Waals surface area contributed by atoms with Crippen LogP contribution in [-0.2, 0) is 22.5 Å². The minimum absolute atomic E-state index is 0.161. The van der Waals surface area contributed by atoms with Crippen LogP contribution in [0.5, 0.6) is 0 Å². The van der Waals surface area contributed by atoms with Crippen molar-refractivity contribution in [3.63, 3.8) is 0 Å². The number of nitrogens with zero attached hydrogens (tertiary/aromatic N) is 5. The van der Waals surface area contributed by atoms with Crippen LogP contribution in [0.15, 0.2) is 47.6 Å². The van der Waals surface area contributed by atoms with E-state index in [9.17, 15) is 13.2 Å². The van der Waals surface area contributed by atoms with Crippen LogP contribution in [0, 0.1) is 5.92 Å². The molecule has 39 heavy (non-hydrogen) atoms. The highest BCUT2D eigenvalue weighted by atomic mass is 32.2. The summed E-state index contributed by atoms with van der Waals surface area (Å²) in [4.78, 5) is 25.0. The van der Waals surface area contributed by atoms with Crippen LogP contribution in [0.1, 0.15) is 81.7 Å². The van der Waals surface area contributed by atoms with Crippen LogP contribution in [0.4, 0.5) is 11.6 Å². The monoisotopic (exact) mass is 551 g/mol. The number of hydrogen-bond donors (Lipinski definition) is 2. The molecule has 208 valence electrons. The van der Waals surface area contributed by atoms with Crippen molar-refractivity contribution in [3.8, 4) is 0 Å². The maximum absolute atomic E-state index is 13.5. The van der Waals surface area contributed by atoms with Crippen LogP contribution in [0.2, 0.25) is 0 Å². The summed E-state index contributed by atoms with van der Waals surface area (Å²) < 4.78 is 30.6. The van der Waals surface area contributed by atoms with Crippen LogP contribution in [0.3, 0.4) is 0 Å². The summed E-state index contributed by atoms with van der Waals surface area (Å²) in [7, 11) is -2.37. The summed E-state index contributed by atoms with van der Waals surface area (Å²) >= 11 is 0. The normalized spacial score (nSPS) is 22.7. The van der Waals surface area contributed by atoms with E-state index in [1.54, 1.807) is 28.9 Å². The van der Waals surface area contributed by atoms with Crippen LogP contribution in [0.25, 0.3) is 0 Å². The van der Waals surface area contributed by atoms with Crippen molar-refractivity contribution in [2.45, 2.75) is 75.9 Å². The second-order valence-electron chi connectivity index (χ2n) is 12.3. The maximum atomic E-state index is 13.5. The van der Waals surface area contributed by atoms with Gasteiger partial charge in [0.15, 0.2) is 5.03 Å². The molecule has 2 aliphatic rings. The number of aryl methyl sites for hydroxylation is 1. The highest BCUT2D eigenvalue weighted by Crippen LogP contribution is 2.41. The molecule has 0 radical (unpaired) electrons. The first-order valence-corrected chi connectivity index (χ1v) is 14.8. The Balaban J connectivity index is 1.63. The fourth-order valence-electron chi connectivity index (χ4n) is 5.57. The molecule has 0 aliphatic carbocycles. The standard InChI is InChI=1S/C28H37N7O3S/c1-27(2,3)22-13-11-19-25(30-22)35-17-18(16-28(35,4)5)10-12-20(21-14-15-34(6)32-21)29-23-8-7-9-24(31-23)39(37,38)33-26(19)36/h7-9,11,13-15,18,20H,10,12,16-17H2,1-6H3,(H,29,31)(H,33,36)/t18-,20?/m0/s1. The molecule has 1 saturated heterocycles. The largest absolute Gasteiger partial charge is 0.362 e. The van der Waals surface area contributed by atoms with Crippen molar-refractivity contribution in [2.75, 3.05) is 16.8 Å². The van der Waals surface area contributed by atoms with Gasteiger partial charge in [-0.25, -0.2) is 14.7 Å². The lowest BCUT2D eigenvalue weighted by Crippen LogP contribution is -2.41. The fourth-order valence-corrected chi connectivity index (χ4v) is 6.50. The third kappa shape index (κ3) is 5.50. The molecule has 2 aliphatic heterocycles. The van der Waals surface area contributed by atoms with Crippen LogP contribution < -0.4 is 14.9 Å². The van der Waals surface area contributed by atoms with Crippen molar-refractivity contribution in [1.29, 1.82) is 0 Å². The third-order valence-electron chi connectivity index (χ3n) is 7.61. The molecule has 2 atom stereocenters. The topological polar surface area (TPSA) is 122 Å². The first-order valence-electron chi connectivity index (χ1n) is 13.3. The molecule has 5 heterocycles. The number of amides is 1. The minimum atomic E-state index is -4.25. The van der Waals surface area contributed by atoms with Crippen LogP contribution in [-0.4, -0.2) is 46.2 Å². The quantitative estimate of drug-likeness (QED) is 0.462. The number of carbonyl (C=O) groups is 1. The number of nitrogens with one attached hydrogen (secondary N) is 2. The summed E-state index contributed by atoms with van der Waals surface area (Å²) in [6, 6.07) is 10.0. The van der Waals surface area contributed by atoms with Gasteiger partial charge < -0.3 is 10.2 Å². The van der Waals surface area contributed by atoms with Gasteiger partial charge in [0, 0.05) is 36.4 Å². The number of fused-ring (bicyclic) bond motifs is 6. The summed E-state index contributed by atoms with van der Waals surface area (Å²) in [5.74, 6) is 0.537. The van der Waals surface area contributed by atoms with E-state index in [1.807, 2.05) is 19.3 Å². The van der Waals surface area contributed by atoms with Gasteiger partial charge in [0.05, 0.1) is 17.3 Å². The number of aromatic nitrogens is 4. The van der Waals surface area contributed by atoms with Crippen molar-refractivity contribution in [2.24, 2.45) is 13.0 Å². The van der Waals surface area contributed by atoms with Gasteiger partial charge in [-0.05, 0) is 69.4 Å². The molecule has 0 aromatic carbocycles. The number of carbonyl (C=O) groups excluding carboxylic acids is 1. The Hall–Kier alpha value is -3.47. The maximum Gasteiger partial charge on any atom is 0.281 e. The Labute approximate surface area is 230 Å². The molecule has 5 rings (SSSR count). The molecular weight excluding hydrogens is 514 g/mol. The van der Waals surface area contributed by atoms with E-state index >= 15 is 0 Å². The van der Waals surface area contributed by atoms with Crippen molar-refractivity contribution in [3.05, 3.63) is 59.5 Å². The van der Waals surface area contributed by atoms with E-state index in [4.69, 9.17) is 4.98 Å². The molecule has 0 saturated carbocycles. The van der Waals surface area contributed by atoms with Crippen molar-refractivity contribution < 1.29 is 13.2 Å². The first kappa shape index (κ1) is 27.1. The Morgan fingerprint density at radius 1 is 1.05 bits per heavy atom. The van der Waals surface area contributed by atoms with Gasteiger partial charge in [0.25, 0.3) is 15.9 Å². The Morgan fingerprint density at radius 2 is 1.82 bits per heavy atom. The molecule has 1 amide bonds. The molecule has 0 spiro atoms. The van der Waals surface area contributed by atoms with E-state index < -0.39 is 15.9 Å². The zero-order valence-corrected chi connectivity index (χ0v) is 24.2. The Bertz CT molecular complexity index is 1510. The van der Waals surface area contributed by atoms with E-state index in [2.05, 4.69) is 59.6 Å². The van der Waals surface area contributed by atoms with Crippen LogP contribution >= 0.6 is 0 Å². The summed E-state index contributed by atoms with van der Waals surface area (Å²) in [5.41, 5.74) is 1.41. The molecule has 1 fully saturated rings. The molecule has 2 N–H and O–H groups in total. The zero-order valence-electron chi connectivity index (χ0n) is 23.4. The number of pyridine rings is 2. The van der Waals surface area contributed by atoms with Gasteiger partial charge in [-0.2, -0.15) is 13.5 Å². The predicted octanol–water partition coefficient (Wildman–Crippen LogP) is 4.18. The molecule has 3 aromatic rings. The first-order chi connectivity index (χ1) is 18.2. The number of hydrogen-bond acceptors (Lipinski definition) is 8. The number of sulfonamides is 1. The Kier molecular flexibility index (Phi) is 6.69. The number of rotatable bonds is 1. The van der Waals surface area contributed by atoms with Crippen molar-refractivity contribution in [1.82, 2.24) is 24.5 Å². The third-order valence-corrected chi connectivity index (χ3v) is 8.84.